The first-order chi connectivity index (χ1) is 12.2. The minimum Gasteiger partial charge on any atom is -0.486 e. The number of amides is 2. The zero-order valence-electron chi connectivity index (χ0n) is 14.3. The predicted molar refractivity (Wildman–Crippen MR) is 96.3 cm³/mol. The molecule has 5 nitrogen and oxygen atoms in total. The number of hydrogen-bond acceptors (Lipinski definition) is 3. The fourth-order valence-corrected chi connectivity index (χ4v) is 3.61. The molecule has 4 rings (SSSR count). The van der Waals surface area contributed by atoms with Crippen LogP contribution in [0.25, 0.3) is 0 Å². The molecule has 1 fully saturated rings. The van der Waals surface area contributed by atoms with Crippen LogP contribution in [0.1, 0.15) is 30.0 Å². The van der Waals surface area contributed by atoms with Crippen molar-refractivity contribution in [2.24, 2.45) is 0 Å². The van der Waals surface area contributed by atoms with Crippen LogP contribution in [0, 0.1) is 6.92 Å². The van der Waals surface area contributed by atoms with Crippen molar-refractivity contribution in [3.63, 3.8) is 0 Å². The van der Waals surface area contributed by atoms with Crippen molar-refractivity contribution in [3.8, 4) is 11.5 Å². The molecule has 1 atom stereocenters. The molecule has 25 heavy (non-hydrogen) atoms. The number of aryl methyl sites for hydroxylation is 1. The first kappa shape index (κ1) is 15.8. The Kier molecular flexibility index (Phi) is 4.22. The minimum atomic E-state index is -0.0672. The number of anilines is 1. The van der Waals surface area contributed by atoms with Crippen LogP contribution in [0.2, 0.25) is 0 Å². The average Bonchev–Trinajstić information content (AvgIpc) is 3.11. The van der Waals surface area contributed by atoms with E-state index in [1.54, 1.807) is 0 Å². The highest BCUT2D eigenvalue weighted by Gasteiger charge is 2.30. The van der Waals surface area contributed by atoms with Crippen LogP contribution in [0.5, 0.6) is 11.5 Å². The molecule has 0 spiro atoms. The number of carbonyl (C=O) groups excluding carboxylic acids is 1. The molecule has 2 heterocycles. The Bertz CT molecular complexity index is 790. The maximum Gasteiger partial charge on any atom is 0.322 e. The summed E-state index contributed by atoms with van der Waals surface area (Å²) in [7, 11) is 0. The predicted octanol–water partition coefficient (Wildman–Crippen LogP) is 4.14. The van der Waals surface area contributed by atoms with Crippen molar-refractivity contribution in [2.75, 3.05) is 25.1 Å². The van der Waals surface area contributed by atoms with Gasteiger partial charge in [0.25, 0.3) is 0 Å². The smallest absolute Gasteiger partial charge is 0.322 e. The van der Waals surface area contributed by atoms with E-state index in [9.17, 15) is 4.79 Å². The second-order valence-electron chi connectivity index (χ2n) is 6.50. The Morgan fingerprint density at radius 1 is 1.12 bits per heavy atom. The highest BCUT2D eigenvalue weighted by Crippen LogP contribution is 2.35. The molecule has 0 saturated carbocycles. The second-order valence-corrected chi connectivity index (χ2v) is 6.50. The normalized spacial score (nSPS) is 18.9. The number of ether oxygens (including phenoxy) is 2. The van der Waals surface area contributed by atoms with Gasteiger partial charge < -0.3 is 19.7 Å². The molecule has 2 aliphatic heterocycles. The van der Waals surface area contributed by atoms with Gasteiger partial charge in [-0.15, -0.1) is 0 Å². The van der Waals surface area contributed by atoms with Gasteiger partial charge in [-0.2, -0.15) is 0 Å². The largest absolute Gasteiger partial charge is 0.486 e. The maximum absolute atomic E-state index is 12.8. The third-order valence-corrected chi connectivity index (χ3v) is 4.85. The maximum atomic E-state index is 12.8. The lowest BCUT2D eigenvalue weighted by Crippen LogP contribution is -2.34. The molecule has 0 unspecified atom stereocenters. The fraction of sp³-hybridized carbons (Fsp3) is 0.350. The molecular weight excluding hydrogens is 316 g/mol. The quantitative estimate of drug-likeness (QED) is 0.895. The standard InChI is InChI=1S/C20H22N2O3/c1-14-5-2-3-6-16(14)17-7-4-10-22(17)20(23)21-15-8-9-18-19(13-15)25-12-11-24-18/h2-3,5-6,8-9,13,17H,4,7,10-12H2,1H3,(H,21,23)/t17-/m0/s1. The van der Waals surface area contributed by atoms with Gasteiger partial charge in [0.15, 0.2) is 11.5 Å². The number of hydrogen-bond donors (Lipinski definition) is 1. The minimum absolute atomic E-state index is 0.0672. The summed E-state index contributed by atoms with van der Waals surface area (Å²) < 4.78 is 11.1. The molecule has 2 aliphatic rings. The second kappa shape index (κ2) is 6.67. The van der Waals surface area contributed by atoms with E-state index in [2.05, 4.69) is 24.4 Å². The highest BCUT2D eigenvalue weighted by molar-refractivity contribution is 5.90. The lowest BCUT2D eigenvalue weighted by Gasteiger charge is -2.27. The first-order valence-electron chi connectivity index (χ1n) is 8.75. The Balaban J connectivity index is 1.51. The van der Waals surface area contributed by atoms with Gasteiger partial charge in [-0.3, -0.25) is 0 Å². The van der Waals surface area contributed by atoms with Crippen molar-refractivity contribution < 1.29 is 14.3 Å². The number of likely N-dealkylation sites (tertiary alicyclic amines) is 1. The summed E-state index contributed by atoms with van der Waals surface area (Å²) in [5, 5.41) is 3.00. The SMILES string of the molecule is Cc1ccccc1[C@@H]1CCCN1C(=O)Nc1ccc2c(c1)OCCO2. The van der Waals surface area contributed by atoms with Crippen molar-refractivity contribution in [2.45, 2.75) is 25.8 Å². The Morgan fingerprint density at radius 3 is 2.76 bits per heavy atom. The van der Waals surface area contributed by atoms with E-state index >= 15 is 0 Å². The van der Waals surface area contributed by atoms with Gasteiger partial charge in [-0.25, -0.2) is 4.79 Å². The third-order valence-electron chi connectivity index (χ3n) is 4.85. The highest BCUT2D eigenvalue weighted by atomic mass is 16.6. The van der Waals surface area contributed by atoms with Crippen molar-refractivity contribution in [1.82, 2.24) is 4.90 Å². The van der Waals surface area contributed by atoms with Crippen LogP contribution < -0.4 is 14.8 Å². The third kappa shape index (κ3) is 3.14. The van der Waals surface area contributed by atoms with Crippen LogP contribution in [0.15, 0.2) is 42.5 Å². The fourth-order valence-electron chi connectivity index (χ4n) is 3.61. The summed E-state index contributed by atoms with van der Waals surface area (Å²) in [4.78, 5) is 14.8. The molecular formula is C20H22N2O3. The van der Waals surface area contributed by atoms with E-state index in [1.807, 2.05) is 35.2 Å². The summed E-state index contributed by atoms with van der Waals surface area (Å²) in [6.07, 6.45) is 2.02. The van der Waals surface area contributed by atoms with Gasteiger partial charge in [-0.1, -0.05) is 24.3 Å². The van der Waals surface area contributed by atoms with Crippen LogP contribution in [-0.2, 0) is 0 Å². The van der Waals surface area contributed by atoms with E-state index in [0.29, 0.717) is 19.0 Å². The summed E-state index contributed by atoms with van der Waals surface area (Å²) in [6.45, 7) is 3.97. The monoisotopic (exact) mass is 338 g/mol. The van der Waals surface area contributed by atoms with E-state index in [1.165, 1.54) is 11.1 Å². The number of carbonyl (C=O) groups is 1. The molecule has 0 bridgehead atoms. The number of nitrogens with one attached hydrogen (secondary N) is 1. The zero-order valence-corrected chi connectivity index (χ0v) is 14.3. The molecule has 0 aromatic heterocycles. The topological polar surface area (TPSA) is 50.8 Å². The number of benzene rings is 2. The molecule has 0 aliphatic carbocycles. The van der Waals surface area contributed by atoms with E-state index in [-0.39, 0.29) is 12.1 Å². The zero-order chi connectivity index (χ0) is 17.2. The van der Waals surface area contributed by atoms with Crippen LogP contribution in [-0.4, -0.2) is 30.7 Å². The van der Waals surface area contributed by atoms with E-state index in [4.69, 9.17) is 9.47 Å². The van der Waals surface area contributed by atoms with Crippen LogP contribution >= 0.6 is 0 Å². The first-order valence-corrected chi connectivity index (χ1v) is 8.75. The van der Waals surface area contributed by atoms with Gasteiger partial charge in [-0.05, 0) is 43.0 Å². The summed E-state index contributed by atoms with van der Waals surface area (Å²) in [5.74, 6) is 1.41. The van der Waals surface area contributed by atoms with Crippen molar-refractivity contribution in [1.29, 1.82) is 0 Å². The van der Waals surface area contributed by atoms with Gasteiger partial charge >= 0.3 is 6.03 Å². The number of nitrogens with zero attached hydrogens (tertiary/aromatic N) is 1. The number of rotatable bonds is 2. The van der Waals surface area contributed by atoms with Crippen molar-refractivity contribution in [3.05, 3.63) is 53.6 Å². The van der Waals surface area contributed by atoms with E-state index < -0.39 is 0 Å². The summed E-state index contributed by atoms with van der Waals surface area (Å²) in [5.41, 5.74) is 3.19. The lowest BCUT2D eigenvalue weighted by molar-refractivity contribution is 0.171. The molecule has 5 heteroatoms. The molecule has 2 aromatic carbocycles. The Morgan fingerprint density at radius 2 is 1.92 bits per heavy atom. The van der Waals surface area contributed by atoms with Gasteiger partial charge in [0, 0.05) is 18.3 Å². The van der Waals surface area contributed by atoms with Gasteiger partial charge in [0.2, 0.25) is 0 Å². The molecule has 2 aromatic rings. The van der Waals surface area contributed by atoms with Crippen LogP contribution in [0.4, 0.5) is 10.5 Å². The molecule has 0 radical (unpaired) electrons. The molecule has 1 N–H and O–H groups in total. The molecule has 1 saturated heterocycles. The number of urea groups is 1. The summed E-state index contributed by atoms with van der Waals surface area (Å²) in [6, 6.07) is 13.9. The summed E-state index contributed by atoms with van der Waals surface area (Å²) >= 11 is 0. The lowest BCUT2D eigenvalue weighted by atomic mass is 9.99. The molecule has 130 valence electrons. The number of fused-ring (bicyclic) bond motifs is 1. The molecule has 2 amide bonds. The van der Waals surface area contributed by atoms with Gasteiger partial charge in [0.05, 0.1) is 6.04 Å². The van der Waals surface area contributed by atoms with Gasteiger partial charge in [0.1, 0.15) is 13.2 Å². The Labute approximate surface area is 147 Å². The van der Waals surface area contributed by atoms with Crippen molar-refractivity contribution >= 4 is 11.7 Å². The average molecular weight is 338 g/mol. The Hall–Kier alpha value is -2.69. The van der Waals surface area contributed by atoms with Crippen LogP contribution in [0.3, 0.4) is 0 Å². The van der Waals surface area contributed by atoms with E-state index in [0.717, 1.165) is 30.8 Å².